The first-order chi connectivity index (χ1) is 15.6. The van der Waals surface area contributed by atoms with Crippen LogP contribution in [0.5, 0.6) is 5.75 Å². The predicted octanol–water partition coefficient (Wildman–Crippen LogP) is 3.97. The first kappa shape index (κ1) is 21.8. The van der Waals surface area contributed by atoms with E-state index in [1.807, 2.05) is 0 Å². The van der Waals surface area contributed by atoms with E-state index in [2.05, 4.69) is 18.8 Å². The second-order valence-corrected chi connectivity index (χ2v) is 9.76. The van der Waals surface area contributed by atoms with Crippen molar-refractivity contribution < 1.29 is 23.0 Å². The minimum Gasteiger partial charge on any atom is -0.490 e. The maximum atomic E-state index is 13.9. The van der Waals surface area contributed by atoms with Gasteiger partial charge in [0.1, 0.15) is 11.9 Å². The number of carbonyl (C=O) groups is 1. The van der Waals surface area contributed by atoms with Gasteiger partial charge in [-0.15, -0.1) is 0 Å². The number of benzene rings is 2. The SMILES string of the molecule is CN1C(=O)C2(C[C@H](C3CCOC(C)(C)C3)Oc3ccc(-c4ccc(F)c(F)c4)cc32)N=C1N. The molecule has 3 atom stereocenters. The normalized spacial score (nSPS) is 28.5. The number of halogens is 2. The number of carbonyl (C=O) groups excluding carboxylic acids is 1. The van der Waals surface area contributed by atoms with Crippen molar-refractivity contribution in [3.05, 3.63) is 53.6 Å². The monoisotopic (exact) mass is 455 g/mol. The lowest BCUT2D eigenvalue weighted by molar-refractivity contribution is -0.134. The van der Waals surface area contributed by atoms with Gasteiger partial charge >= 0.3 is 0 Å². The van der Waals surface area contributed by atoms with Gasteiger partial charge in [-0.2, -0.15) is 0 Å². The van der Waals surface area contributed by atoms with Crippen LogP contribution in [0.1, 0.15) is 38.7 Å². The molecule has 1 saturated heterocycles. The van der Waals surface area contributed by atoms with Crippen LogP contribution in [0, 0.1) is 17.6 Å². The highest BCUT2D eigenvalue weighted by molar-refractivity contribution is 6.07. The lowest BCUT2D eigenvalue weighted by atomic mass is 9.74. The fourth-order valence-electron chi connectivity index (χ4n) is 5.28. The number of nitrogens with two attached hydrogens (primary N) is 1. The Hall–Kier alpha value is -3.00. The molecule has 174 valence electrons. The minimum absolute atomic E-state index is 0.150. The highest BCUT2D eigenvalue weighted by atomic mass is 19.2. The Morgan fingerprint density at radius 1 is 1.09 bits per heavy atom. The summed E-state index contributed by atoms with van der Waals surface area (Å²) >= 11 is 0. The van der Waals surface area contributed by atoms with E-state index in [0.717, 1.165) is 25.0 Å². The summed E-state index contributed by atoms with van der Waals surface area (Å²) in [6, 6.07) is 9.07. The zero-order valence-corrected chi connectivity index (χ0v) is 18.9. The number of hydrogen-bond donors (Lipinski definition) is 1. The third-order valence-corrected chi connectivity index (χ3v) is 7.02. The van der Waals surface area contributed by atoms with Crippen molar-refractivity contribution >= 4 is 11.9 Å². The quantitative estimate of drug-likeness (QED) is 0.744. The van der Waals surface area contributed by atoms with Crippen LogP contribution >= 0.6 is 0 Å². The smallest absolute Gasteiger partial charge is 0.261 e. The van der Waals surface area contributed by atoms with Gasteiger partial charge in [0.2, 0.25) is 0 Å². The van der Waals surface area contributed by atoms with Gasteiger partial charge in [-0.3, -0.25) is 9.69 Å². The van der Waals surface area contributed by atoms with Crippen LogP contribution in [0.15, 0.2) is 41.4 Å². The van der Waals surface area contributed by atoms with Crippen LogP contribution in [-0.2, 0) is 15.1 Å². The summed E-state index contributed by atoms with van der Waals surface area (Å²) in [5, 5.41) is 0. The highest BCUT2D eigenvalue weighted by Crippen LogP contribution is 2.49. The van der Waals surface area contributed by atoms with Crippen LogP contribution in [0.3, 0.4) is 0 Å². The van der Waals surface area contributed by atoms with Gasteiger partial charge in [0.05, 0.1) is 5.60 Å². The first-order valence-corrected chi connectivity index (χ1v) is 11.1. The summed E-state index contributed by atoms with van der Waals surface area (Å²) < 4.78 is 39.6. The largest absolute Gasteiger partial charge is 0.490 e. The molecular weight excluding hydrogens is 428 g/mol. The first-order valence-electron chi connectivity index (χ1n) is 11.1. The second kappa shape index (κ2) is 7.52. The van der Waals surface area contributed by atoms with Crippen molar-refractivity contribution in [2.75, 3.05) is 13.7 Å². The second-order valence-electron chi connectivity index (χ2n) is 9.76. The van der Waals surface area contributed by atoms with Gasteiger partial charge in [-0.05, 0) is 62.1 Å². The zero-order chi connectivity index (χ0) is 23.5. The maximum Gasteiger partial charge on any atom is 0.261 e. The third-order valence-electron chi connectivity index (χ3n) is 7.02. The molecule has 2 N–H and O–H groups in total. The Bertz CT molecular complexity index is 1170. The maximum absolute atomic E-state index is 13.9. The molecule has 33 heavy (non-hydrogen) atoms. The molecule has 3 aliphatic heterocycles. The molecule has 8 heteroatoms. The standard InChI is InChI=1S/C25H27F2N3O3/c1-24(2)12-16(8-9-32-24)21-13-25(22(31)30(3)23(28)29-25)17-10-14(5-7-20(17)33-21)15-4-6-18(26)19(27)11-15/h4-7,10-11,16,21H,8-9,12-13H2,1-3H3,(H2,28,29)/t16?,21-,25?/m1/s1. The number of rotatable bonds is 2. The fourth-order valence-corrected chi connectivity index (χ4v) is 5.28. The average molecular weight is 456 g/mol. The van der Waals surface area contributed by atoms with E-state index in [1.54, 1.807) is 25.2 Å². The summed E-state index contributed by atoms with van der Waals surface area (Å²) in [5.74, 6) is -1.16. The van der Waals surface area contributed by atoms with Crippen LogP contribution in [0.4, 0.5) is 8.78 Å². The number of hydrogen-bond acceptors (Lipinski definition) is 5. The van der Waals surface area contributed by atoms with E-state index in [9.17, 15) is 13.6 Å². The highest BCUT2D eigenvalue weighted by Gasteiger charge is 2.55. The van der Waals surface area contributed by atoms with Crippen molar-refractivity contribution in [2.24, 2.45) is 16.6 Å². The van der Waals surface area contributed by atoms with Crippen LogP contribution in [-0.4, -0.2) is 42.1 Å². The van der Waals surface area contributed by atoms with E-state index in [-0.39, 0.29) is 29.5 Å². The number of fused-ring (bicyclic) bond motifs is 2. The summed E-state index contributed by atoms with van der Waals surface area (Å²) in [6.45, 7) is 4.75. The number of likely N-dealkylation sites (N-methyl/N-ethyl adjacent to an activating group) is 1. The summed E-state index contributed by atoms with van der Waals surface area (Å²) in [4.78, 5) is 19.5. The van der Waals surface area contributed by atoms with Gasteiger partial charge in [-0.1, -0.05) is 12.1 Å². The molecule has 0 bridgehead atoms. The van der Waals surface area contributed by atoms with Gasteiger partial charge in [-0.25, -0.2) is 13.8 Å². The lowest BCUT2D eigenvalue weighted by Crippen LogP contribution is -2.49. The van der Waals surface area contributed by atoms with E-state index < -0.39 is 17.2 Å². The zero-order valence-electron chi connectivity index (χ0n) is 18.9. The Morgan fingerprint density at radius 2 is 1.82 bits per heavy atom. The number of aliphatic imine (C=N–C) groups is 1. The topological polar surface area (TPSA) is 77.2 Å². The molecule has 0 aliphatic carbocycles. The molecule has 3 heterocycles. The van der Waals surface area contributed by atoms with E-state index in [0.29, 0.717) is 35.5 Å². The summed E-state index contributed by atoms with van der Waals surface area (Å²) in [7, 11) is 1.61. The molecule has 6 nitrogen and oxygen atoms in total. The summed E-state index contributed by atoms with van der Waals surface area (Å²) in [6.07, 6.45) is 1.75. The number of amides is 1. The number of ether oxygens (including phenoxy) is 2. The average Bonchev–Trinajstić information content (AvgIpc) is 2.98. The van der Waals surface area contributed by atoms with Gasteiger partial charge < -0.3 is 15.2 Å². The van der Waals surface area contributed by atoms with Crippen molar-refractivity contribution in [1.29, 1.82) is 0 Å². The van der Waals surface area contributed by atoms with Gasteiger partial charge in [0, 0.05) is 31.6 Å². The predicted molar refractivity (Wildman–Crippen MR) is 120 cm³/mol. The molecule has 5 rings (SSSR count). The molecule has 2 unspecified atom stereocenters. The molecule has 1 fully saturated rings. The molecule has 0 radical (unpaired) electrons. The molecule has 0 saturated carbocycles. The number of nitrogens with zero attached hydrogens (tertiary/aromatic N) is 2. The molecule has 1 amide bonds. The van der Waals surface area contributed by atoms with Crippen molar-refractivity contribution in [3.63, 3.8) is 0 Å². The number of guanidine groups is 1. The Kier molecular flexibility index (Phi) is 4.97. The van der Waals surface area contributed by atoms with Gasteiger partial charge in [0.15, 0.2) is 23.1 Å². The van der Waals surface area contributed by atoms with Crippen molar-refractivity contribution in [3.8, 4) is 16.9 Å². The molecule has 0 aromatic heterocycles. The van der Waals surface area contributed by atoms with Crippen molar-refractivity contribution in [1.82, 2.24) is 4.90 Å². The van der Waals surface area contributed by atoms with E-state index >= 15 is 0 Å². The van der Waals surface area contributed by atoms with E-state index in [4.69, 9.17) is 15.2 Å². The van der Waals surface area contributed by atoms with Crippen LogP contribution in [0.2, 0.25) is 0 Å². The fraction of sp³-hybridized carbons (Fsp3) is 0.440. The summed E-state index contributed by atoms with van der Waals surface area (Å²) in [5.41, 5.74) is 6.32. The molecule has 3 aliphatic rings. The molecular formula is C25H27F2N3O3. The Balaban J connectivity index is 1.60. The molecule has 2 aromatic rings. The lowest BCUT2D eigenvalue weighted by Gasteiger charge is -2.44. The Morgan fingerprint density at radius 3 is 2.48 bits per heavy atom. The molecule has 1 spiro atoms. The Labute approximate surface area is 191 Å². The third kappa shape index (κ3) is 3.57. The van der Waals surface area contributed by atoms with Crippen molar-refractivity contribution in [2.45, 2.75) is 50.4 Å². The van der Waals surface area contributed by atoms with E-state index in [1.165, 1.54) is 11.0 Å². The van der Waals surface area contributed by atoms with Crippen LogP contribution < -0.4 is 10.5 Å². The molecule has 2 aromatic carbocycles. The minimum atomic E-state index is -1.21. The van der Waals surface area contributed by atoms with Gasteiger partial charge in [0.25, 0.3) is 5.91 Å². The van der Waals surface area contributed by atoms with Crippen LogP contribution in [0.25, 0.3) is 11.1 Å².